The topological polar surface area (TPSA) is 36.7 Å². The number of benzene rings is 2. The minimum Gasteiger partial charge on any atom is -0.255 e. The number of rotatable bonds is 3. The lowest BCUT2D eigenvalue weighted by Gasteiger charge is -2.15. The first-order chi connectivity index (χ1) is 12.8. The molecular weight excluding hydrogens is 469 g/mol. The van der Waals surface area contributed by atoms with E-state index < -0.39 is 0 Å². The summed E-state index contributed by atoms with van der Waals surface area (Å²) in [5, 5.41) is 11.0. The quantitative estimate of drug-likeness (QED) is 0.356. The summed E-state index contributed by atoms with van der Waals surface area (Å²) >= 11 is 37.5. The normalized spacial score (nSPS) is 10.7. The Bertz CT molecular complexity index is 1090. The molecule has 0 aliphatic rings. The summed E-state index contributed by atoms with van der Waals surface area (Å²) in [6.45, 7) is 0. The molecule has 136 valence electrons. The zero-order chi connectivity index (χ0) is 19.7. The van der Waals surface area contributed by atoms with Crippen LogP contribution in [0.25, 0.3) is 22.4 Å². The lowest BCUT2D eigenvalue weighted by atomic mass is 9.97. The van der Waals surface area contributed by atoms with Gasteiger partial charge in [-0.15, -0.1) is 0 Å². The maximum absolute atomic E-state index is 9.03. The number of aromatic nitrogens is 1. The largest absolute Gasteiger partial charge is 0.255 e. The third kappa shape index (κ3) is 4.30. The smallest absolute Gasteiger partial charge is 0.0797 e. The highest BCUT2D eigenvalue weighted by molar-refractivity contribution is 6.46. The Morgan fingerprint density at radius 2 is 1.30 bits per heavy atom. The van der Waals surface area contributed by atoms with E-state index in [1.54, 1.807) is 36.5 Å². The Labute approximate surface area is 186 Å². The summed E-state index contributed by atoms with van der Waals surface area (Å²) < 4.78 is 0. The van der Waals surface area contributed by atoms with Crippen molar-refractivity contribution in [3.8, 4) is 28.5 Å². The first-order valence-electron chi connectivity index (χ1n) is 7.47. The molecule has 0 spiro atoms. The lowest BCUT2D eigenvalue weighted by molar-refractivity contribution is 1.19. The van der Waals surface area contributed by atoms with E-state index in [9.17, 15) is 0 Å². The molecular formula is C19H8Cl6N2. The van der Waals surface area contributed by atoms with Crippen LogP contribution >= 0.6 is 69.6 Å². The molecule has 8 heteroatoms. The zero-order valence-electron chi connectivity index (χ0n) is 13.3. The zero-order valence-corrected chi connectivity index (χ0v) is 17.9. The standard InChI is InChI=1S/C19H8Cl6N2/c20-10-4-12(17(24)15(22)6-10)13-3-9(1-2-26)8-27-19(13)14-5-11(21)7-16(23)18(14)25/h3-8H,1H2. The molecule has 3 rings (SSSR count). The third-order valence-corrected chi connectivity index (χ3v) is 5.80. The maximum atomic E-state index is 9.03. The molecule has 1 heterocycles. The van der Waals surface area contributed by atoms with Gasteiger partial charge in [-0.2, -0.15) is 5.26 Å². The van der Waals surface area contributed by atoms with Crippen molar-refractivity contribution in [2.24, 2.45) is 0 Å². The van der Waals surface area contributed by atoms with Gasteiger partial charge in [0.2, 0.25) is 0 Å². The van der Waals surface area contributed by atoms with Gasteiger partial charge in [-0.3, -0.25) is 4.98 Å². The van der Waals surface area contributed by atoms with E-state index in [1.165, 1.54) is 0 Å². The molecule has 0 amide bonds. The van der Waals surface area contributed by atoms with E-state index in [2.05, 4.69) is 11.1 Å². The van der Waals surface area contributed by atoms with E-state index in [-0.39, 0.29) is 6.42 Å². The fourth-order valence-corrected chi connectivity index (χ4v) is 3.99. The van der Waals surface area contributed by atoms with Gasteiger partial charge < -0.3 is 0 Å². The van der Waals surface area contributed by atoms with E-state index in [1.807, 2.05) is 0 Å². The molecule has 3 aromatic rings. The fraction of sp³-hybridized carbons (Fsp3) is 0.0526. The van der Waals surface area contributed by atoms with Gasteiger partial charge in [-0.05, 0) is 35.9 Å². The van der Waals surface area contributed by atoms with Gasteiger partial charge in [0.1, 0.15) is 0 Å². The number of nitriles is 1. The number of nitrogens with zero attached hydrogens (tertiary/aromatic N) is 2. The predicted molar refractivity (Wildman–Crippen MR) is 114 cm³/mol. The third-order valence-electron chi connectivity index (χ3n) is 3.76. The number of hydrogen-bond acceptors (Lipinski definition) is 2. The predicted octanol–water partition coefficient (Wildman–Crippen LogP) is 8.40. The Kier molecular flexibility index (Phi) is 6.43. The minimum atomic E-state index is 0.177. The molecule has 2 aromatic carbocycles. The monoisotopic (exact) mass is 474 g/mol. The molecule has 0 atom stereocenters. The van der Waals surface area contributed by atoms with E-state index in [0.29, 0.717) is 58.1 Å². The van der Waals surface area contributed by atoms with Gasteiger partial charge in [0.05, 0.1) is 38.3 Å². The molecule has 0 saturated heterocycles. The van der Waals surface area contributed by atoms with Crippen LogP contribution in [0.4, 0.5) is 0 Å². The first kappa shape index (κ1) is 20.6. The van der Waals surface area contributed by atoms with Crippen LogP contribution in [-0.4, -0.2) is 4.98 Å². The van der Waals surface area contributed by atoms with Crippen molar-refractivity contribution in [2.45, 2.75) is 6.42 Å². The summed E-state index contributed by atoms with van der Waals surface area (Å²) in [4.78, 5) is 4.49. The van der Waals surface area contributed by atoms with Crippen LogP contribution in [-0.2, 0) is 6.42 Å². The number of hydrogen-bond donors (Lipinski definition) is 0. The molecule has 2 nitrogen and oxygen atoms in total. The summed E-state index contributed by atoms with van der Waals surface area (Å²) in [7, 11) is 0. The molecule has 0 unspecified atom stereocenters. The summed E-state index contributed by atoms with van der Waals surface area (Å²) in [6.07, 6.45) is 1.77. The molecule has 27 heavy (non-hydrogen) atoms. The van der Waals surface area contributed by atoms with Gasteiger partial charge in [-0.1, -0.05) is 69.6 Å². The summed E-state index contributed by atoms with van der Waals surface area (Å²) in [5.74, 6) is 0. The summed E-state index contributed by atoms with van der Waals surface area (Å²) in [6, 6.07) is 10.3. The van der Waals surface area contributed by atoms with Crippen molar-refractivity contribution in [1.29, 1.82) is 5.26 Å². The Morgan fingerprint density at radius 1 is 0.741 bits per heavy atom. The molecule has 0 N–H and O–H groups in total. The van der Waals surface area contributed by atoms with Crippen molar-refractivity contribution >= 4 is 69.6 Å². The highest BCUT2D eigenvalue weighted by atomic mass is 35.5. The Balaban J connectivity index is 2.37. The first-order valence-corrected chi connectivity index (χ1v) is 9.74. The van der Waals surface area contributed by atoms with Gasteiger partial charge in [0.15, 0.2) is 0 Å². The highest BCUT2D eigenvalue weighted by Crippen LogP contribution is 2.43. The van der Waals surface area contributed by atoms with Crippen LogP contribution in [0.5, 0.6) is 0 Å². The van der Waals surface area contributed by atoms with Gasteiger partial charge >= 0.3 is 0 Å². The number of pyridine rings is 1. The van der Waals surface area contributed by atoms with Gasteiger partial charge in [0, 0.05) is 32.9 Å². The maximum Gasteiger partial charge on any atom is 0.0797 e. The van der Waals surface area contributed by atoms with Crippen molar-refractivity contribution < 1.29 is 0 Å². The second-order valence-corrected chi connectivity index (χ2v) is 8.02. The average molecular weight is 477 g/mol. The van der Waals surface area contributed by atoms with Crippen LogP contribution in [0.3, 0.4) is 0 Å². The van der Waals surface area contributed by atoms with Crippen LogP contribution in [0.1, 0.15) is 5.56 Å². The Hall–Kier alpha value is -1.18. The highest BCUT2D eigenvalue weighted by Gasteiger charge is 2.19. The van der Waals surface area contributed by atoms with E-state index in [4.69, 9.17) is 74.9 Å². The average Bonchev–Trinajstić information content (AvgIpc) is 2.61. The van der Waals surface area contributed by atoms with Crippen molar-refractivity contribution in [3.05, 3.63) is 72.2 Å². The second kappa shape index (κ2) is 8.45. The van der Waals surface area contributed by atoms with Crippen LogP contribution < -0.4 is 0 Å². The van der Waals surface area contributed by atoms with Crippen LogP contribution in [0, 0.1) is 11.3 Å². The number of halogens is 6. The molecule has 0 bridgehead atoms. The van der Waals surface area contributed by atoms with Crippen molar-refractivity contribution in [3.63, 3.8) is 0 Å². The molecule has 0 aliphatic carbocycles. The lowest BCUT2D eigenvalue weighted by Crippen LogP contribution is -1.95. The second-order valence-electron chi connectivity index (χ2n) is 5.57. The van der Waals surface area contributed by atoms with E-state index in [0.717, 1.165) is 0 Å². The van der Waals surface area contributed by atoms with Crippen LogP contribution in [0.2, 0.25) is 30.1 Å². The van der Waals surface area contributed by atoms with E-state index >= 15 is 0 Å². The SMILES string of the molecule is N#CCc1cnc(-c2cc(Cl)cc(Cl)c2Cl)c(-c2cc(Cl)cc(Cl)c2Cl)c1. The molecule has 1 aromatic heterocycles. The van der Waals surface area contributed by atoms with Crippen molar-refractivity contribution in [2.75, 3.05) is 0 Å². The van der Waals surface area contributed by atoms with Gasteiger partial charge in [0.25, 0.3) is 0 Å². The summed E-state index contributed by atoms with van der Waals surface area (Å²) in [5.41, 5.74) is 2.89. The Morgan fingerprint density at radius 3 is 1.89 bits per heavy atom. The molecule has 0 saturated carbocycles. The fourth-order valence-electron chi connectivity index (χ4n) is 2.60. The van der Waals surface area contributed by atoms with Crippen LogP contribution in [0.15, 0.2) is 36.5 Å². The molecule has 0 radical (unpaired) electrons. The van der Waals surface area contributed by atoms with Gasteiger partial charge in [-0.25, -0.2) is 0 Å². The molecule has 0 aliphatic heterocycles. The minimum absolute atomic E-state index is 0.177. The van der Waals surface area contributed by atoms with Crippen molar-refractivity contribution in [1.82, 2.24) is 4.98 Å². The molecule has 0 fully saturated rings.